The molecule has 4 aromatic carbocycles. The van der Waals surface area contributed by atoms with E-state index in [1.807, 2.05) is 6.07 Å². The van der Waals surface area contributed by atoms with E-state index in [2.05, 4.69) is 134 Å². The van der Waals surface area contributed by atoms with E-state index >= 15 is 0 Å². The summed E-state index contributed by atoms with van der Waals surface area (Å²) >= 11 is -2.89. The molecule has 2 heteroatoms. The van der Waals surface area contributed by atoms with Crippen LogP contribution in [0.4, 0.5) is 0 Å². The summed E-state index contributed by atoms with van der Waals surface area (Å²) in [7, 11) is 0. The maximum absolute atomic E-state index is 5.98. The van der Waals surface area contributed by atoms with Gasteiger partial charge in [-0.3, -0.25) is 0 Å². The van der Waals surface area contributed by atoms with Crippen molar-refractivity contribution in [2.45, 2.75) is 18.8 Å². The van der Waals surface area contributed by atoms with Crippen molar-refractivity contribution in [3.05, 3.63) is 139 Å². The number of benzene rings is 4. The van der Waals surface area contributed by atoms with Gasteiger partial charge in [0.25, 0.3) is 0 Å². The summed E-state index contributed by atoms with van der Waals surface area (Å²) < 4.78 is 10.5. The summed E-state index contributed by atoms with van der Waals surface area (Å²) in [6, 6.07) is 43.9. The average molecular weight is 493 g/mol. The molecule has 0 aliphatic heterocycles. The Hall–Kier alpha value is -2.88. The number of ether oxygens (including phenoxy) is 1. The van der Waals surface area contributed by atoms with Crippen LogP contribution < -0.4 is 13.2 Å². The minimum absolute atomic E-state index is 0.371. The van der Waals surface area contributed by atoms with Crippen molar-refractivity contribution in [2.75, 3.05) is 6.61 Å². The zero-order chi connectivity index (χ0) is 22.8. The van der Waals surface area contributed by atoms with E-state index in [9.17, 15) is 0 Å². The fourth-order valence-electron chi connectivity index (χ4n) is 4.49. The van der Waals surface area contributed by atoms with Crippen molar-refractivity contribution in [2.24, 2.45) is 5.92 Å². The van der Waals surface area contributed by atoms with Crippen molar-refractivity contribution in [1.29, 1.82) is 0 Å². The van der Waals surface area contributed by atoms with Crippen LogP contribution in [0.25, 0.3) is 0 Å². The molecular formula is C31H32GeO. The van der Waals surface area contributed by atoms with Crippen LogP contribution >= 0.6 is 0 Å². The number of rotatable bonds is 10. The van der Waals surface area contributed by atoms with E-state index in [4.69, 9.17) is 4.74 Å². The summed E-state index contributed by atoms with van der Waals surface area (Å²) in [5.74, 6) is 0.371. The molecule has 0 heterocycles. The Morgan fingerprint density at radius 2 is 1.06 bits per heavy atom. The van der Waals surface area contributed by atoms with Crippen LogP contribution in [-0.4, -0.2) is 19.9 Å². The summed E-state index contributed by atoms with van der Waals surface area (Å²) in [4.78, 5) is 0. The molecule has 0 bridgehead atoms. The summed E-state index contributed by atoms with van der Waals surface area (Å²) in [6.07, 6.45) is 4.77. The molecular weight excluding hydrogens is 461 g/mol. The van der Waals surface area contributed by atoms with Crippen LogP contribution in [0, 0.1) is 5.92 Å². The summed E-state index contributed by atoms with van der Waals surface area (Å²) in [6.45, 7) is 3.63. The molecule has 1 nitrogen and oxygen atoms in total. The normalized spacial score (nSPS) is 12.6. The number of hydrogen-bond donors (Lipinski definition) is 0. The molecule has 0 fully saturated rings. The molecule has 0 spiro atoms. The van der Waals surface area contributed by atoms with Crippen molar-refractivity contribution in [3.63, 3.8) is 0 Å². The first-order chi connectivity index (χ1) is 16.3. The van der Waals surface area contributed by atoms with Gasteiger partial charge in [0.1, 0.15) is 0 Å². The monoisotopic (exact) mass is 494 g/mol. The van der Waals surface area contributed by atoms with Gasteiger partial charge in [-0.25, -0.2) is 0 Å². The zero-order valence-corrected chi connectivity index (χ0v) is 21.4. The molecule has 0 N–H and O–H groups in total. The molecule has 166 valence electrons. The fourth-order valence-corrected chi connectivity index (χ4v) is 13.9. The van der Waals surface area contributed by atoms with E-state index in [0.717, 1.165) is 11.9 Å². The Morgan fingerprint density at radius 1 is 0.636 bits per heavy atom. The van der Waals surface area contributed by atoms with Gasteiger partial charge in [0.2, 0.25) is 0 Å². The fraction of sp³-hybridized carbons (Fsp3) is 0.161. The number of hydrogen-bond acceptors (Lipinski definition) is 1. The Labute approximate surface area is 201 Å². The van der Waals surface area contributed by atoms with Crippen LogP contribution in [0.2, 0.25) is 5.25 Å². The molecule has 33 heavy (non-hydrogen) atoms. The third kappa shape index (κ3) is 5.93. The van der Waals surface area contributed by atoms with E-state index in [1.54, 1.807) is 0 Å². The molecule has 0 saturated carbocycles. The molecule has 0 aliphatic carbocycles. The Morgan fingerprint density at radius 3 is 1.52 bits per heavy atom. The van der Waals surface area contributed by atoms with Gasteiger partial charge < -0.3 is 0 Å². The first-order valence-corrected chi connectivity index (χ1v) is 16.4. The molecule has 4 aromatic rings. The Kier molecular flexibility index (Phi) is 8.35. The summed E-state index contributed by atoms with van der Waals surface area (Å²) in [5, 5.41) is 1.07. The van der Waals surface area contributed by atoms with E-state index < -0.39 is 13.3 Å². The van der Waals surface area contributed by atoms with Gasteiger partial charge >= 0.3 is 202 Å². The van der Waals surface area contributed by atoms with E-state index in [1.165, 1.54) is 18.8 Å². The van der Waals surface area contributed by atoms with Gasteiger partial charge in [-0.1, -0.05) is 0 Å². The van der Waals surface area contributed by atoms with Crippen molar-refractivity contribution < 1.29 is 4.74 Å². The first kappa shape index (κ1) is 23.3. The molecule has 0 unspecified atom stereocenters. The quantitative estimate of drug-likeness (QED) is 0.208. The predicted octanol–water partition coefficient (Wildman–Crippen LogP) is 5.57. The zero-order valence-electron chi connectivity index (χ0n) is 19.3. The van der Waals surface area contributed by atoms with E-state index in [-0.39, 0.29) is 0 Å². The van der Waals surface area contributed by atoms with Gasteiger partial charge in [0.05, 0.1) is 0 Å². The molecule has 0 saturated heterocycles. The topological polar surface area (TPSA) is 9.23 Å². The van der Waals surface area contributed by atoms with Crippen LogP contribution in [0.15, 0.2) is 133 Å². The molecule has 0 aliphatic rings. The molecule has 4 rings (SSSR count). The Bertz CT molecular complexity index is 1010. The second-order valence-corrected chi connectivity index (χ2v) is 16.9. The van der Waals surface area contributed by atoms with Crippen LogP contribution in [0.5, 0.6) is 0 Å². The van der Waals surface area contributed by atoms with Crippen LogP contribution in [0.3, 0.4) is 0 Å². The number of allylic oxidation sites excluding steroid dienone is 1. The third-order valence-electron chi connectivity index (χ3n) is 6.18. The standard InChI is InChI=1S/C31H32GeO/c1-27(25-33-26-28-16-6-2-7-17-28)15-14-24-32(29-18-8-3-9-19-29,30-20-10-4-11-21-30)31-22-12-5-13-23-31/h2-23,27H,24-26H2,1H3/b15-14+/t27-/m1/s1. The Balaban J connectivity index is 1.57. The predicted molar refractivity (Wildman–Crippen MR) is 143 cm³/mol. The van der Waals surface area contributed by atoms with E-state index in [0.29, 0.717) is 12.5 Å². The van der Waals surface area contributed by atoms with Crippen molar-refractivity contribution in [3.8, 4) is 0 Å². The second-order valence-electron chi connectivity index (χ2n) is 8.61. The van der Waals surface area contributed by atoms with Gasteiger partial charge in [-0.2, -0.15) is 0 Å². The van der Waals surface area contributed by atoms with Gasteiger partial charge in [-0.05, 0) is 0 Å². The van der Waals surface area contributed by atoms with Gasteiger partial charge in [0, 0.05) is 0 Å². The summed E-state index contributed by atoms with van der Waals surface area (Å²) in [5.41, 5.74) is 1.22. The van der Waals surface area contributed by atoms with Crippen LogP contribution in [0.1, 0.15) is 12.5 Å². The second kappa shape index (κ2) is 11.8. The maximum atomic E-state index is 5.98. The van der Waals surface area contributed by atoms with Crippen molar-refractivity contribution >= 4 is 26.5 Å². The minimum atomic E-state index is -2.89. The molecule has 1 atom stereocenters. The average Bonchev–Trinajstić information content (AvgIpc) is 2.89. The van der Waals surface area contributed by atoms with Gasteiger partial charge in [0.15, 0.2) is 0 Å². The van der Waals surface area contributed by atoms with Crippen LogP contribution in [-0.2, 0) is 11.3 Å². The first-order valence-electron chi connectivity index (χ1n) is 11.7. The third-order valence-corrected chi connectivity index (χ3v) is 16.3. The SMILES string of the molecule is C[C@H](/C=C/[CH2][Ge]([c]1ccccc1)([c]1ccccc1)[c]1ccccc1)COCc1ccccc1. The molecule has 0 amide bonds. The molecule has 0 radical (unpaired) electrons. The molecule has 0 aromatic heterocycles. The van der Waals surface area contributed by atoms with Gasteiger partial charge in [-0.15, -0.1) is 0 Å². The van der Waals surface area contributed by atoms with Crippen molar-refractivity contribution in [1.82, 2.24) is 0 Å².